The van der Waals surface area contributed by atoms with Crippen molar-refractivity contribution in [3.8, 4) is 27.9 Å². The van der Waals surface area contributed by atoms with Gasteiger partial charge >= 0.3 is 0 Å². The van der Waals surface area contributed by atoms with Gasteiger partial charge in [0.15, 0.2) is 0 Å². The third kappa shape index (κ3) is 4.04. The summed E-state index contributed by atoms with van der Waals surface area (Å²) in [6.45, 7) is 2.45. The summed E-state index contributed by atoms with van der Waals surface area (Å²) in [5.74, 6) is 0. The van der Waals surface area contributed by atoms with Crippen LogP contribution in [-0.4, -0.2) is 4.57 Å². The van der Waals surface area contributed by atoms with E-state index in [-0.39, 0.29) is 0 Å². The summed E-state index contributed by atoms with van der Waals surface area (Å²) in [7, 11) is 0. The summed E-state index contributed by atoms with van der Waals surface area (Å²) in [4.78, 5) is 2.55. The minimum absolute atomic E-state index is 0.437. The van der Waals surface area contributed by atoms with Crippen molar-refractivity contribution in [1.29, 1.82) is 0 Å². The van der Waals surface area contributed by atoms with E-state index in [0.717, 1.165) is 39.0 Å². The van der Waals surface area contributed by atoms with E-state index in [0.29, 0.717) is 0 Å². The van der Waals surface area contributed by atoms with Gasteiger partial charge in [-0.1, -0.05) is 127 Å². The first-order valence-corrected chi connectivity index (χ1v) is 21.5. The fourth-order valence-corrected chi connectivity index (χ4v) is 12.1. The number of anilines is 3. The number of hydrogen-bond donors (Lipinski definition) is 0. The topological polar surface area (TPSA) is 21.3 Å². The molecule has 60 heavy (non-hydrogen) atoms. The Kier molecular flexibility index (Phi) is 6.31. The highest BCUT2D eigenvalue weighted by atomic mass is 32.1. The maximum absolute atomic E-state index is 6.66. The lowest BCUT2D eigenvalue weighted by Gasteiger charge is -2.32. The number of para-hydroxylation sites is 3. The Morgan fingerprint density at radius 1 is 0.500 bits per heavy atom. The molecule has 0 radical (unpaired) electrons. The first-order valence-electron chi connectivity index (χ1n) is 20.7. The second-order valence-electron chi connectivity index (χ2n) is 16.5. The molecule has 0 amide bonds. The SMILES string of the molecule is CC1(c2ccccc2)c2cccc3c2-c2c1cc(N(c1ccc4c(c1)oc1ccccc14)c1cccc4sc5ccccc5c14)c1c4ccccc4n(c21)-c1ccccc1-3. The number of hydrogen-bond acceptors (Lipinski definition) is 3. The van der Waals surface area contributed by atoms with Gasteiger partial charge in [0.25, 0.3) is 0 Å². The molecule has 12 aromatic rings. The van der Waals surface area contributed by atoms with Crippen molar-refractivity contribution >= 4 is 92.3 Å². The summed E-state index contributed by atoms with van der Waals surface area (Å²) >= 11 is 1.86. The third-order valence-electron chi connectivity index (χ3n) is 13.6. The van der Waals surface area contributed by atoms with Crippen LogP contribution in [0.3, 0.4) is 0 Å². The first kappa shape index (κ1) is 32.5. The number of aromatic nitrogens is 1. The van der Waals surface area contributed by atoms with Gasteiger partial charge in [-0.25, -0.2) is 0 Å². The molecule has 1 aliphatic carbocycles. The number of nitrogens with zero attached hydrogens (tertiary/aromatic N) is 2. The highest BCUT2D eigenvalue weighted by Crippen LogP contribution is 2.62. The lowest BCUT2D eigenvalue weighted by Crippen LogP contribution is -2.23. The Morgan fingerprint density at radius 3 is 2.13 bits per heavy atom. The monoisotopic (exact) mass is 782 g/mol. The summed E-state index contributed by atoms with van der Waals surface area (Å²) in [6, 6.07) is 69.6. The van der Waals surface area contributed by atoms with Gasteiger partial charge in [-0.3, -0.25) is 0 Å². The van der Waals surface area contributed by atoms with Crippen molar-refractivity contribution in [2.75, 3.05) is 4.90 Å². The van der Waals surface area contributed by atoms with Gasteiger partial charge in [0.1, 0.15) is 11.2 Å². The predicted molar refractivity (Wildman–Crippen MR) is 252 cm³/mol. The molecule has 4 heteroatoms. The van der Waals surface area contributed by atoms with E-state index in [1.165, 1.54) is 86.6 Å². The molecule has 0 bridgehead atoms. The Hall–Kier alpha value is -7.40. The summed E-state index contributed by atoms with van der Waals surface area (Å²) in [5.41, 5.74) is 17.5. The van der Waals surface area contributed by atoms with Crippen LogP contribution in [-0.2, 0) is 5.41 Å². The van der Waals surface area contributed by atoms with Gasteiger partial charge < -0.3 is 13.9 Å². The molecule has 0 spiro atoms. The number of benzene rings is 9. The van der Waals surface area contributed by atoms with Crippen LogP contribution in [0.15, 0.2) is 192 Å². The molecule has 0 saturated heterocycles. The van der Waals surface area contributed by atoms with Crippen LogP contribution < -0.4 is 4.90 Å². The lowest BCUT2D eigenvalue weighted by atomic mass is 9.73. The molecule has 280 valence electrons. The van der Waals surface area contributed by atoms with Crippen LogP contribution in [0.2, 0.25) is 0 Å². The fourth-order valence-electron chi connectivity index (χ4n) is 11.0. The molecule has 0 N–H and O–H groups in total. The molecule has 1 aliphatic heterocycles. The standard InChI is InChI=1S/C56H34N2OS/c1-56(33-15-3-2-4-16-33)41-22-13-21-38-35-17-5-9-23-43(35)58-44-24-10-6-19-39(44)53-46(32-42(56)54(51(38)41)55(53)58)57(34-29-30-37-36-18-7-11-26-47(36)59-48(37)31-34)45-25-14-28-50-52(45)40-20-8-12-27-49(40)60-50/h2-32H,1H3. The summed E-state index contributed by atoms with van der Waals surface area (Å²) in [6.07, 6.45) is 0. The van der Waals surface area contributed by atoms with Gasteiger partial charge in [-0.15, -0.1) is 11.3 Å². The maximum Gasteiger partial charge on any atom is 0.137 e. The van der Waals surface area contributed by atoms with E-state index >= 15 is 0 Å². The second kappa shape index (κ2) is 11.6. The average molecular weight is 783 g/mol. The van der Waals surface area contributed by atoms with Gasteiger partial charge in [-0.2, -0.15) is 0 Å². The van der Waals surface area contributed by atoms with Gasteiger partial charge in [0.2, 0.25) is 0 Å². The van der Waals surface area contributed by atoms with Crippen molar-refractivity contribution in [3.05, 3.63) is 205 Å². The first-order chi connectivity index (χ1) is 29.7. The zero-order valence-electron chi connectivity index (χ0n) is 32.6. The molecular weight excluding hydrogens is 749 g/mol. The number of furan rings is 1. The summed E-state index contributed by atoms with van der Waals surface area (Å²) in [5, 5.41) is 7.23. The number of rotatable bonds is 4. The minimum Gasteiger partial charge on any atom is -0.456 e. The molecule has 1 unspecified atom stereocenters. The Labute approximate surface area is 349 Å². The molecule has 0 fully saturated rings. The third-order valence-corrected chi connectivity index (χ3v) is 14.7. The molecule has 14 rings (SSSR count). The molecule has 3 nitrogen and oxygen atoms in total. The smallest absolute Gasteiger partial charge is 0.137 e. The average Bonchev–Trinajstić information content (AvgIpc) is 4.02. The highest BCUT2D eigenvalue weighted by Gasteiger charge is 2.46. The summed E-state index contributed by atoms with van der Waals surface area (Å²) < 4.78 is 11.8. The van der Waals surface area contributed by atoms with Crippen LogP contribution in [0.1, 0.15) is 23.6 Å². The van der Waals surface area contributed by atoms with E-state index in [1.54, 1.807) is 0 Å². The van der Waals surface area contributed by atoms with Crippen molar-refractivity contribution in [3.63, 3.8) is 0 Å². The van der Waals surface area contributed by atoms with Crippen LogP contribution in [0.25, 0.3) is 91.9 Å². The zero-order valence-corrected chi connectivity index (χ0v) is 33.4. The number of thiophene rings is 1. The molecule has 4 heterocycles. The van der Waals surface area contributed by atoms with E-state index in [2.05, 4.69) is 204 Å². The van der Waals surface area contributed by atoms with E-state index < -0.39 is 5.41 Å². The van der Waals surface area contributed by atoms with Crippen LogP contribution in [0, 0.1) is 0 Å². The van der Waals surface area contributed by atoms with Gasteiger partial charge in [-0.05, 0) is 89.3 Å². The molecule has 0 saturated carbocycles. The maximum atomic E-state index is 6.66. The van der Waals surface area contributed by atoms with Crippen molar-refractivity contribution in [2.24, 2.45) is 0 Å². The number of fused-ring (bicyclic) bond motifs is 12. The van der Waals surface area contributed by atoms with Gasteiger partial charge in [0, 0.05) is 70.0 Å². The molecule has 9 aromatic carbocycles. The van der Waals surface area contributed by atoms with Crippen molar-refractivity contribution in [2.45, 2.75) is 12.3 Å². The largest absolute Gasteiger partial charge is 0.456 e. The lowest BCUT2D eigenvalue weighted by molar-refractivity contribution is 0.669. The molecule has 1 atom stereocenters. The predicted octanol–water partition coefficient (Wildman–Crippen LogP) is 15.8. The van der Waals surface area contributed by atoms with Crippen LogP contribution in [0.4, 0.5) is 17.1 Å². The van der Waals surface area contributed by atoms with Crippen LogP contribution in [0.5, 0.6) is 0 Å². The highest BCUT2D eigenvalue weighted by molar-refractivity contribution is 7.26. The van der Waals surface area contributed by atoms with E-state index in [1.807, 2.05) is 11.3 Å². The van der Waals surface area contributed by atoms with E-state index in [9.17, 15) is 0 Å². The van der Waals surface area contributed by atoms with Crippen LogP contribution >= 0.6 is 11.3 Å². The normalized spacial score (nSPS) is 15.2. The molecular formula is C56H34N2OS. The Bertz CT molecular complexity index is 3810. The zero-order chi connectivity index (χ0) is 39.3. The van der Waals surface area contributed by atoms with Gasteiger partial charge in [0.05, 0.1) is 28.1 Å². The van der Waals surface area contributed by atoms with Crippen molar-refractivity contribution < 1.29 is 4.42 Å². The fraction of sp³-hybridized carbons (Fsp3) is 0.0357. The second-order valence-corrected chi connectivity index (χ2v) is 17.6. The minimum atomic E-state index is -0.437. The Morgan fingerprint density at radius 2 is 1.22 bits per heavy atom. The van der Waals surface area contributed by atoms with E-state index in [4.69, 9.17) is 4.42 Å². The van der Waals surface area contributed by atoms with Crippen molar-refractivity contribution in [1.82, 2.24) is 4.57 Å². The quantitative estimate of drug-likeness (QED) is 0.177. The Balaban J connectivity index is 1.21. The molecule has 2 aliphatic rings. The molecule has 3 aromatic heterocycles.